The first-order valence-electron chi connectivity index (χ1n) is 6.67. The number of benzene rings is 1. The van der Waals surface area contributed by atoms with Crippen molar-refractivity contribution in [1.82, 2.24) is 0 Å². The second kappa shape index (κ2) is 7.21. The van der Waals surface area contributed by atoms with E-state index in [1.54, 1.807) is 0 Å². The van der Waals surface area contributed by atoms with E-state index in [9.17, 15) is 0 Å². The Morgan fingerprint density at radius 2 is 2.06 bits per heavy atom. The molecule has 1 atom stereocenters. The Balaban J connectivity index is 2.59. The normalized spacial score (nSPS) is 12.2. The molecule has 0 aliphatic heterocycles. The van der Waals surface area contributed by atoms with Crippen molar-refractivity contribution in [2.24, 2.45) is 0 Å². The Bertz CT molecular complexity index is 336. The lowest BCUT2D eigenvalue weighted by molar-refractivity contribution is 0.340. The van der Waals surface area contributed by atoms with Gasteiger partial charge in [-0.05, 0) is 51.0 Å². The largest absolute Gasteiger partial charge is 0.494 e. The van der Waals surface area contributed by atoms with Crippen LogP contribution in [0.25, 0.3) is 0 Å². The number of ether oxygens (including phenoxy) is 1. The zero-order valence-corrected chi connectivity index (χ0v) is 11.5. The molecule has 0 bridgehead atoms. The number of unbranched alkanes of at least 4 members (excludes halogenated alkanes) is 1. The number of nitrogens with one attached hydrogen (secondary N) is 1. The molecule has 96 valence electrons. The fourth-order valence-corrected chi connectivity index (χ4v) is 1.90. The third-order valence-electron chi connectivity index (χ3n) is 2.90. The van der Waals surface area contributed by atoms with Crippen LogP contribution in [0, 0.1) is 6.92 Å². The third kappa shape index (κ3) is 4.68. The molecule has 0 saturated heterocycles. The summed E-state index contributed by atoms with van der Waals surface area (Å²) in [5.74, 6) is 0.955. The molecule has 0 aromatic heterocycles. The van der Waals surface area contributed by atoms with Crippen LogP contribution in [-0.4, -0.2) is 12.6 Å². The minimum atomic E-state index is 0.534. The molecule has 1 aromatic carbocycles. The molecule has 0 radical (unpaired) electrons. The molecule has 1 rings (SSSR count). The van der Waals surface area contributed by atoms with Gasteiger partial charge in [0.15, 0.2) is 0 Å². The lowest BCUT2D eigenvalue weighted by Crippen LogP contribution is -2.15. The summed E-state index contributed by atoms with van der Waals surface area (Å²) in [6.45, 7) is 9.32. The molecule has 0 heterocycles. The second-order valence-electron chi connectivity index (χ2n) is 4.60. The monoisotopic (exact) mass is 235 g/mol. The van der Waals surface area contributed by atoms with Crippen LogP contribution < -0.4 is 10.1 Å². The molecule has 1 N–H and O–H groups in total. The first-order valence-corrected chi connectivity index (χ1v) is 6.67. The average Bonchev–Trinajstić information content (AvgIpc) is 2.30. The van der Waals surface area contributed by atoms with Gasteiger partial charge >= 0.3 is 0 Å². The number of rotatable bonds is 7. The topological polar surface area (TPSA) is 21.3 Å². The lowest BCUT2D eigenvalue weighted by Gasteiger charge is -2.17. The highest BCUT2D eigenvalue weighted by Gasteiger charge is 2.04. The third-order valence-corrected chi connectivity index (χ3v) is 2.90. The molecule has 1 unspecified atom stereocenters. The van der Waals surface area contributed by atoms with Gasteiger partial charge in [0.05, 0.1) is 6.61 Å². The van der Waals surface area contributed by atoms with Crippen molar-refractivity contribution in [3.63, 3.8) is 0 Å². The van der Waals surface area contributed by atoms with Crippen LogP contribution in [-0.2, 0) is 0 Å². The molecular formula is C15H25NO. The van der Waals surface area contributed by atoms with E-state index >= 15 is 0 Å². The van der Waals surface area contributed by atoms with Gasteiger partial charge in [-0.15, -0.1) is 0 Å². The fraction of sp³-hybridized carbons (Fsp3) is 0.600. The van der Waals surface area contributed by atoms with Crippen molar-refractivity contribution in [2.45, 2.75) is 53.0 Å². The van der Waals surface area contributed by atoms with Gasteiger partial charge in [0.25, 0.3) is 0 Å². The molecule has 0 aliphatic carbocycles. The van der Waals surface area contributed by atoms with E-state index in [-0.39, 0.29) is 0 Å². The van der Waals surface area contributed by atoms with E-state index in [2.05, 4.69) is 38.2 Å². The van der Waals surface area contributed by atoms with Crippen molar-refractivity contribution in [3.8, 4) is 5.75 Å². The highest BCUT2D eigenvalue weighted by atomic mass is 16.5. The van der Waals surface area contributed by atoms with Crippen LogP contribution in [0.5, 0.6) is 5.75 Å². The molecule has 0 saturated carbocycles. The maximum atomic E-state index is 5.48. The molecule has 0 amide bonds. The number of hydrogen-bond donors (Lipinski definition) is 1. The Morgan fingerprint density at radius 1 is 1.29 bits per heavy atom. The van der Waals surface area contributed by atoms with Crippen molar-refractivity contribution in [1.29, 1.82) is 0 Å². The van der Waals surface area contributed by atoms with E-state index in [0.717, 1.165) is 12.4 Å². The van der Waals surface area contributed by atoms with Crippen LogP contribution in [0.4, 0.5) is 5.69 Å². The van der Waals surface area contributed by atoms with Crippen LogP contribution in [0.15, 0.2) is 18.2 Å². The summed E-state index contributed by atoms with van der Waals surface area (Å²) in [7, 11) is 0. The Kier molecular flexibility index (Phi) is 5.88. The van der Waals surface area contributed by atoms with Crippen LogP contribution >= 0.6 is 0 Å². The van der Waals surface area contributed by atoms with Crippen molar-refractivity contribution >= 4 is 5.69 Å². The van der Waals surface area contributed by atoms with Gasteiger partial charge in [-0.25, -0.2) is 0 Å². The van der Waals surface area contributed by atoms with E-state index in [0.29, 0.717) is 6.04 Å². The van der Waals surface area contributed by atoms with Gasteiger partial charge in [0.2, 0.25) is 0 Å². The van der Waals surface area contributed by atoms with Crippen LogP contribution in [0.3, 0.4) is 0 Å². The standard InChI is InChI=1S/C15H25NO/c1-5-7-8-13(4)16-15-10-9-14(17-6-2)11-12(15)3/h9-11,13,16H,5-8H2,1-4H3. The molecule has 0 aliphatic rings. The predicted molar refractivity (Wildman–Crippen MR) is 75.0 cm³/mol. The fourth-order valence-electron chi connectivity index (χ4n) is 1.90. The summed E-state index contributed by atoms with van der Waals surface area (Å²) < 4.78 is 5.48. The Hall–Kier alpha value is -1.18. The van der Waals surface area contributed by atoms with E-state index < -0.39 is 0 Å². The average molecular weight is 235 g/mol. The van der Waals surface area contributed by atoms with E-state index in [1.807, 2.05) is 13.0 Å². The summed E-state index contributed by atoms with van der Waals surface area (Å²) in [4.78, 5) is 0. The molecule has 2 heteroatoms. The second-order valence-corrected chi connectivity index (χ2v) is 4.60. The maximum Gasteiger partial charge on any atom is 0.119 e. The van der Waals surface area contributed by atoms with Gasteiger partial charge in [0, 0.05) is 11.7 Å². The zero-order valence-electron chi connectivity index (χ0n) is 11.5. The highest BCUT2D eigenvalue weighted by molar-refractivity contribution is 5.54. The molecule has 1 aromatic rings. The minimum Gasteiger partial charge on any atom is -0.494 e. The SMILES string of the molecule is CCCCC(C)Nc1ccc(OCC)cc1C. The maximum absolute atomic E-state index is 5.48. The molecular weight excluding hydrogens is 210 g/mol. The first kappa shape index (κ1) is 13.9. The number of aryl methyl sites for hydroxylation is 1. The van der Waals surface area contributed by atoms with Gasteiger partial charge in [-0.2, -0.15) is 0 Å². The minimum absolute atomic E-state index is 0.534. The smallest absolute Gasteiger partial charge is 0.119 e. The Morgan fingerprint density at radius 3 is 2.65 bits per heavy atom. The summed E-state index contributed by atoms with van der Waals surface area (Å²) in [6, 6.07) is 6.78. The van der Waals surface area contributed by atoms with Gasteiger partial charge < -0.3 is 10.1 Å². The van der Waals surface area contributed by atoms with Crippen molar-refractivity contribution in [3.05, 3.63) is 23.8 Å². The van der Waals surface area contributed by atoms with Gasteiger partial charge in [0.1, 0.15) is 5.75 Å². The Labute approximate surface area is 105 Å². The molecule has 2 nitrogen and oxygen atoms in total. The van der Waals surface area contributed by atoms with Crippen LogP contribution in [0.1, 0.15) is 45.6 Å². The summed E-state index contributed by atoms with van der Waals surface area (Å²) in [6.07, 6.45) is 3.77. The first-order chi connectivity index (χ1) is 8.17. The predicted octanol–water partition coefficient (Wildman–Crippen LogP) is 4.38. The lowest BCUT2D eigenvalue weighted by atomic mass is 10.1. The number of anilines is 1. The van der Waals surface area contributed by atoms with Gasteiger partial charge in [-0.3, -0.25) is 0 Å². The van der Waals surface area contributed by atoms with Gasteiger partial charge in [-0.1, -0.05) is 19.8 Å². The van der Waals surface area contributed by atoms with Crippen molar-refractivity contribution in [2.75, 3.05) is 11.9 Å². The van der Waals surface area contributed by atoms with E-state index in [1.165, 1.54) is 30.5 Å². The quantitative estimate of drug-likeness (QED) is 0.757. The zero-order chi connectivity index (χ0) is 12.7. The number of hydrogen-bond acceptors (Lipinski definition) is 2. The van der Waals surface area contributed by atoms with Crippen molar-refractivity contribution < 1.29 is 4.74 Å². The molecule has 0 spiro atoms. The van der Waals surface area contributed by atoms with E-state index in [4.69, 9.17) is 4.74 Å². The summed E-state index contributed by atoms with van der Waals surface area (Å²) in [5, 5.41) is 3.56. The van der Waals surface area contributed by atoms with Crippen LogP contribution in [0.2, 0.25) is 0 Å². The molecule has 17 heavy (non-hydrogen) atoms. The summed E-state index contributed by atoms with van der Waals surface area (Å²) in [5.41, 5.74) is 2.47. The highest BCUT2D eigenvalue weighted by Crippen LogP contribution is 2.22. The summed E-state index contributed by atoms with van der Waals surface area (Å²) >= 11 is 0. The molecule has 0 fully saturated rings.